The molecular formula is C14H14N6O2. The van der Waals surface area contributed by atoms with E-state index in [0.29, 0.717) is 30.5 Å². The second-order valence-electron chi connectivity index (χ2n) is 4.60. The number of hydrogen-bond acceptors (Lipinski definition) is 6. The third kappa shape index (κ3) is 3.00. The topological polar surface area (TPSA) is 98.7 Å². The average molecular weight is 298 g/mol. The molecule has 3 heterocycles. The molecule has 0 radical (unpaired) electrons. The zero-order valence-electron chi connectivity index (χ0n) is 11.9. The van der Waals surface area contributed by atoms with Crippen LogP contribution in [0.5, 0.6) is 0 Å². The number of amides is 1. The Hall–Kier alpha value is -3.03. The highest BCUT2D eigenvalue weighted by Gasteiger charge is 2.11. The van der Waals surface area contributed by atoms with Gasteiger partial charge in [-0.2, -0.15) is 0 Å². The molecule has 3 rings (SSSR count). The van der Waals surface area contributed by atoms with Crippen molar-refractivity contribution in [1.29, 1.82) is 0 Å². The van der Waals surface area contributed by atoms with E-state index in [0.717, 1.165) is 0 Å². The van der Waals surface area contributed by atoms with Crippen LogP contribution in [-0.4, -0.2) is 37.1 Å². The van der Waals surface area contributed by atoms with E-state index in [2.05, 4.69) is 25.4 Å². The molecule has 0 spiro atoms. The third-order valence-electron chi connectivity index (χ3n) is 2.98. The number of nitrogens with zero attached hydrogens (tertiary/aromatic N) is 5. The Morgan fingerprint density at radius 3 is 2.82 bits per heavy atom. The van der Waals surface area contributed by atoms with Crippen LogP contribution in [0.4, 0.5) is 0 Å². The predicted octanol–water partition coefficient (Wildman–Crippen LogP) is 1.07. The van der Waals surface area contributed by atoms with Gasteiger partial charge in [-0.1, -0.05) is 5.16 Å². The van der Waals surface area contributed by atoms with Gasteiger partial charge in [0.1, 0.15) is 5.76 Å². The normalized spacial score (nSPS) is 10.6. The van der Waals surface area contributed by atoms with E-state index < -0.39 is 0 Å². The molecule has 0 saturated carbocycles. The minimum Gasteiger partial charge on any atom is -0.361 e. The van der Waals surface area contributed by atoms with Crippen molar-refractivity contribution in [2.75, 3.05) is 6.54 Å². The van der Waals surface area contributed by atoms with Gasteiger partial charge >= 0.3 is 0 Å². The molecule has 3 aromatic rings. The summed E-state index contributed by atoms with van der Waals surface area (Å²) in [6.45, 7) is 2.72. The second kappa shape index (κ2) is 6.17. The van der Waals surface area contributed by atoms with Crippen molar-refractivity contribution in [3.05, 3.63) is 48.4 Å². The molecule has 112 valence electrons. The first kappa shape index (κ1) is 13.9. The van der Waals surface area contributed by atoms with Gasteiger partial charge in [0.05, 0.1) is 0 Å². The molecular weight excluding hydrogens is 284 g/mol. The number of carbonyl (C=O) groups excluding carboxylic acids is 1. The first-order valence-electron chi connectivity index (χ1n) is 6.74. The van der Waals surface area contributed by atoms with Crippen LogP contribution in [0.3, 0.4) is 0 Å². The first-order valence-corrected chi connectivity index (χ1v) is 6.74. The number of carbonyl (C=O) groups is 1. The lowest BCUT2D eigenvalue weighted by atomic mass is 10.3. The smallest absolute Gasteiger partial charge is 0.273 e. The Morgan fingerprint density at radius 2 is 2.09 bits per heavy atom. The minimum atomic E-state index is -0.269. The minimum absolute atomic E-state index is 0.269. The molecule has 0 aliphatic rings. The van der Waals surface area contributed by atoms with Crippen molar-refractivity contribution in [2.45, 2.75) is 13.5 Å². The van der Waals surface area contributed by atoms with Crippen LogP contribution >= 0.6 is 0 Å². The van der Waals surface area contributed by atoms with Gasteiger partial charge in [0.2, 0.25) is 0 Å². The van der Waals surface area contributed by atoms with Gasteiger partial charge in [-0.25, -0.2) is 15.0 Å². The van der Waals surface area contributed by atoms with Crippen LogP contribution in [0.2, 0.25) is 0 Å². The lowest BCUT2D eigenvalue weighted by molar-refractivity contribution is 0.0943. The highest BCUT2D eigenvalue weighted by molar-refractivity contribution is 5.92. The SMILES string of the molecule is Cc1cc(C(=O)NCCn2ccnc2-c2ncccn2)no1. The summed E-state index contributed by atoms with van der Waals surface area (Å²) in [6.07, 6.45) is 6.82. The van der Waals surface area contributed by atoms with Crippen LogP contribution in [0.25, 0.3) is 11.6 Å². The summed E-state index contributed by atoms with van der Waals surface area (Å²) in [5.74, 6) is 1.54. The maximum Gasteiger partial charge on any atom is 0.273 e. The summed E-state index contributed by atoms with van der Waals surface area (Å²) in [5.41, 5.74) is 0.273. The highest BCUT2D eigenvalue weighted by atomic mass is 16.5. The number of aromatic nitrogens is 5. The molecule has 1 N–H and O–H groups in total. The molecule has 0 bridgehead atoms. The van der Waals surface area contributed by atoms with Crippen molar-refractivity contribution in [3.8, 4) is 11.6 Å². The molecule has 22 heavy (non-hydrogen) atoms. The zero-order chi connectivity index (χ0) is 15.4. The molecule has 0 aliphatic carbocycles. The molecule has 0 aliphatic heterocycles. The van der Waals surface area contributed by atoms with Crippen molar-refractivity contribution >= 4 is 5.91 Å². The molecule has 3 aromatic heterocycles. The second-order valence-corrected chi connectivity index (χ2v) is 4.60. The van der Waals surface area contributed by atoms with Crippen molar-refractivity contribution in [1.82, 2.24) is 30.0 Å². The van der Waals surface area contributed by atoms with Gasteiger partial charge in [-0.05, 0) is 13.0 Å². The Bertz CT molecular complexity index is 765. The molecule has 0 unspecified atom stereocenters. The van der Waals surface area contributed by atoms with Crippen LogP contribution in [0.1, 0.15) is 16.2 Å². The lowest BCUT2D eigenvalue weighted by Crippen LogP contribution is -2.27. The summed E-state index contributed by atoms with van der Waals surface area (Å²) in [7, 11) is 0. The van der Waals surface area contributed by atoms with E-state index in [1.165, 1.54) is 0 Å². The average Bonchev–Trinajstić information content (AvgIpc) is 3.17. The van der Waals surface area contributed by atoms with Gasteiger partial charge < -0.3 is 14.4 Å². The van der Waals surface area contributed by atoms with E-state index in [-0.39, 0.29) is 11.6 Å². The van der Waals surface area contributed by atoms with Gasteiger partial charge in [0, 0.05) is 43.9 Å². The third-order valence-corrected chi connectivity index (χ3v) is 2.98. The van der Waals surface area contributed by atoms with Gasteiger partial charge in [0.25, 0.3) is 5.91 Å². The predicted molar refractivity (Wildman–Crippen MR) is 76.8 cm³/mol. The quantitative estimate of drug-likeness (QED) is 0.756. The number of hydrogen-bond donors (Lipinski definition) is 1. The van der Waals surface area contributed by atoms with E-state index >= 15 is 0 Å². The van der Waals surface area contributed by atoms with Crippen molar-refractivity contribution in [3.63, 3.8) is 0 Å². The summed E-state index contributed by atoms with van der Waals surface area (Å²) in [6, 6.07) is 3.34. The van der Waals surface area contributed by atoms with Crippen LogP contribution in [0.15, 0.2) is 41.4 Å². The maximum absolute atomic E-state index is 11.9. The number of rotatable bonds is 5. The van der Waals surface area contributed by atoms with E-state index in [1.54, 1.807) is 37.6 Å². The fourth-order valence-electron chi connectivity index (χ4n) is 1.96. The lowest BCUT2D eigenvalue weighted by Gasteiger charge is -2.07. The molecule has 0 atom stereocenters. The zero-order valence-corrected chi connectivity index (χ0v) is 11.9. The Kier molecular flexibility index (Phi) is 3.90. The summed E-state index contributed by atoms with van der Waals surface area (Å²) in [5, 5.41) is 6.45. The molecule has 0 aromatic carbocycles. The van der Waals surface area contributed by atoms with E-state index in [1.807, 2.05) is 10.8 Å². The van der Waals surface area contributed by atoms with Crippen molar-refractivity contribution < 1.29 is 9.32 Å². The van der Waals surface area contributed by atoms with E-state index in [4.69, 9.17) is 4.52 Å². The largest absolute Gasteiger partial charge is 0.361 e. The Balaban J connectivity index is 1.61. The molecule has 0 fully saturated rings. The number of aryl methyl sites for hydroxylation is 1. The first-order chi connectivity index (χ1) is 10.7. The fraction of sp³-hybridized carbons (Fsp3) is 0.214. The molecule has 8 nitrogen and oxygen atoms in total. The highest BCUT2D eigenvalue weighted by Crippen LogP contribution is 2.10. The fourth-order valence-corrected chi connectivity index (χ4v) is 1.96. The Morgan fingerprint density at radius 1 is 1.27 bits per heavy atom. The maximum atomic E-state index is 11.9. The summed E-state index contributed by atoms with van der Waals surface area (Å²) < 4.78 is 6.75. The molecule has 1 amide bonds. The van der Waals surface area contributed by atoms with Gasteiger partial charge in [0.15, 0.2) is 17.3 Å². The van der Waals surface area contributed by atoms with E-state index in [9.17, 15) is 4.79 Å². The molecule has 8 heteroatoms. The van der Waals surface area contributed by atoms with Crippen LogP contribution < -0.4 is 5.32 Å². The van der Waals surface area contributed by atoms with Crippen LogP contribution in [0, 0.1) is 6.92 Å². The Labute approximate surface area is 126 Å². The molecule has 0 saturated heterocycles. The number of nitrogens with one attached hydrogen (secondary N) is 1. The monoisotopic (exact) mass is 298 g/mol. The standard InChI is InChI=1S/C14H14N6O2/c1-10-9-11(19-22-10)14(21)18-6-8-20-7-5-17-13(20)12-15-3-2-4-16-12/h2-5,7,9H,6,8H2,1H3,(H,18,21). The van der Waals surface area contributed by atoms with Crippen LogP contribution in [-0.2, 0) is 6.54 Å². The summed E-state index contributed by atoms with van der Waals surface area (Å²) in [4.78, 5) is 24.4. The summed E-state index contributed by atoms with van der Waals surface area (Å²) >= 11 is 0. The number of imidazole rings is 1. The van der Waals surface area contributed by atoms with Gasteiger partial charge in [-0.3, -0.25) is 4.79 Å². The van der Waals surface area contributed by atoms with Gasteiger partial charge in [-0.15, -0.1) is 0 Å². The van der Waals surface area contributed by atoms with Crippen molar-refractivity contribution in [2.24, 2.45) is 0 Å².